The van der Waals surface area contributed by atoms with E-state index in [9.17, 15) is 22.4 Å². The van der Waals surface area contributed by atoms with E-state index < -0.39 is 15.8 Å². The molecule has 0 unspecified atom stereocenters. The van der Waals surface area contributed by atoms with Crippen molar-refractivity contribution in [1.29, 1.82) is 0 Å². The molecule has 8 nitrogen and oxygen atoms in total. The molecule has 33 heavy (non-hydrogen) atoms. The summed E-state index contributed by atoms with van der Waals surface area (Å²) in [6, 6.07) is 14.4. The number of carbonyl (C=O) groups is 2. The van der Waals surface area contributed by atoms with E-state index in [4.69, 9.17) is 4.74 Å². The van der Waals surface area contributed by atoms with Gasteiger partial charge >= 0.3 is 5.97 Å². The molecule has 1 heterocycles. The highest BCUT2D eigenvalue weighted by Crippen LogP contribution is 2.18. The van der Waals surface area contributed by atoms with E-state index in [1.165, 1.54) is 23.5 Å². The van der Waals surface area contributed by atoms with Crippen LogP contribution in [0.1, 0.15) is 12.0 Å². The number of methoxy groups -OCH3 is 1. The molecule has 178 valence electrons. The number of esters is 1. The van der Waals surface area contributed by atoms with E-state index >= 15 is 0 Å². The lowest BCUT2D eigenvalue weighted by atomic mass is 10.2. The van der Waals surface area contributed by atoms with Crippen LogP contribution in [0.15, 0.2) is 59.5 Å². The lowest BCUT2D eigenvalue weighted by molar-refractivity contribution is -0.142. The average molecular weight is 478 g/mol. The Morgan fingerprint density at radius 2 is 1.64 bits per heavy atom. The predicted octanol–water partition coefficient (Wildman–Crippen LogP) is 1.72. The van der Waals surface area contributed by atoms with Crippen LogP contribution < -0.4 is 0 Å². The van der Waals surface area contributed by atoms with E-state index in [-0.39, 0.29) is 55.9 Å². The third kappa shape index (κ3) is 6.83. The summed E-state index contributed by atoms with van der Waals surface area (Å²) in [7, 11) is -2.42. The molecule has 1 saturated heterocycles. The van der Waals surface area contributed by atoms with Gasteiger partial charge in [0.15, 0.2) is 0 Å². The summed E-state index contributed by atoms with van der Waals surface area (Å²) >= 11 is 0. The number of amides is 1. The summed E-state index contributed by atoms with van der Waals surface area (Å²) < 4.78 is 44.7. The Balaban J connectivity index is 1.59. The number of sulfonamides is 1. The van der Waals surface area contributed by atoms with Gasteiger partial charge in [-0.2, -0.15) is 4.31 Å². The van der Waals surface area contributed by atoms with E-state index in [1.807, 2.05) is 35.2 Å². The van der Waals surface area contributed by atoms with Crippen LogP contribution in [0.25, 0.3) is 0 Å². The first kappa shape index (κ1) is 24.8. The fourth-order valence-electron chi connectivity index (χ4n) is 3.63. The summed E-state index contributed by atoms with van der Waals surface area (Å²) in [4.78, 5) is 28.1. The zero-order valence-corrected chi connectivity index (χ0v) is 19.3. The number of hydrogen-bond acceptors (Lipinski definition) is 6. The summed E-state index contributed by atoms with van der Waals surface area (Å²) in [5, 5.41) is 0. The summed E-state index contributed by atoms with van der Waals surface area (Å²) in [5.41, 5.74) is 1.02. The molecule has 1 fully saturated rings. The van der Waals surface area contributed by atoms with Gasteiger partial charge in [-0.25, -0.2) is 12.8 Å². The van der Waals surface area contributed by atoms with Crippen LogP contribution in [0, 0.1) is 5.82 Å². The molecular formula is C23H28FN3O5S. The van der Waals surface area contributed by atoms with Crippen molar-refractivity contribution in [2.75, 3.05) is 46.4 Å². The van der Waals surface area contributed by atoms with Gasteiger partial charge in [0.25, 0.3) is 0 Å². The minimum absolute atomic E-state index is 0.0283. The number of hydrogen-bond donors (Lipinski definition) is 0. The summed E-state index contributed by atoms with van der Waals surface area (Å²) in [6.07, 6.45) is 0.167. The Morgan fingerprint density at radius 3 is 2.24 bits per heavy atom. The highest BCUT2D eigenvalue weighted by atomic mass is 32.2. The summed E-state index contributed by atoms with van der Waals surface area (Å²) in [6.45, 7) is 1.81. The highest BCUT2D eigenvalue weighted by Gasteiger charge is 2.30. The maximum Gasteiger partial charge on any atom is 0.306 e. The molecule has 0 aromatic heterocycles. The second-order valence-electron chi connectivity index (χ2n) is 7.76. The fraction of sp³-hybridized carbons (Fsp3) is 0.391. The SMILES string of the molecule is COC(=O)CCN(CC(=O)N1CCN(S(=O)(=O)c2ccc(F)cc2)CC1)Cc1ccccc1. The van der Waals surface area contributed by atoms with Gasteiger partial charge < -0.3 is 9.64 Å². The highest BCUT2D eigenvalue weighted by molar-refractivity contribution is 7.89. The first-order valence-corrected chi connectivity index (χ1v) is 12.1. The monoisotopic (exact) mass is 477 g/mol. The molecule has 1 aliphatic heterocycles. The van der Waals surface area contributed by atoms with Gasteiger partial charge in [-0.1, -0.05) is 30.3 Å². The van der Waals surface area contributed by atoms with Gasteiger partial charge in [-0.3, -0.25) is 14.5 Å². The molecule has 2 aromatic carbocycles. The number of piperazine rings is 1. The smallest absolute Gasteiger partial charge is 0.306 e. The van der Waals surface area contributed by atoms with Gasteiger partial charge in [-0.05, 0) is 29.8 Å². The third-order valence-corrected chi connectivity index (χ3v) is 7.42. The van der Waals surface area contributed by atoms with Crippen LogP contribution in [0.5, 0.6) is 0 Å². The molecular weight excluding hydrogens is 449 g/mol. The Morgan fingerprint density at radius 1 is 1.00 bits per heavy atom. The largest absolute Gasteiger partial charge is 0.469 e. The molecule has 0 aliphatic carbocycles. The minimum Gasteiger partial charge on any atom is -0.469 e. The fourth-order valence-corrected chi connectivity index (χ4v) is 5.05. The van der Waals surface area contributed by atoms with Gasteiger partial charge in [0.05, 0.1) is 25.0 Å². The van der Waals surface area contributed by atoms with Crippen LogP contribution in [0.2, 0.25) is 0 Å². The Labute approximate surface area is 193 Å². The zero-order chi connectivity index (χ0) is 23.8. The van der Waals surface area contributed by atoms with Crippen LogP contribution in [-0.4, -0.2) is 80.8 Å². The number of carbonyl (C=O) groups excluding carboxylic acids is 2. The van der Waals surface area contributed by atoms with Gasteiger partial charge in [0, 0.05) is 39.3 Å². The number of nitrogens with zero attached hydrogens (tertiary/aromatic N) is 3. The molecule has 3 rings (SSSR count). The third-order valence-electron chi connectivity index (χ3n) is 5.51. The molecule has 2 aromatic rings. The summed E-state index contributed by atoms with van der Waals surface area (Å²) in [5.74, 6) is -0.980. The maximum atomic E-state index is 13.1. The molecule has 0 spiro atoms. The molecule has 0 bridgehead atoms. The second-order valence-corrected chi connectivity index (χ2v) is 9.70. The Hall–Kier alpha value is -2.82. The van der Waals surface area contributed by atoms with Crippen molar-refractivity contribution in [3.8, 4) is 0 Å². The van der Waals surface area contributed by atoms with Crippen molar-refractivity contribution < 1.29 is 27.1 Å². The van der Waals surface area contributed by atoms with Crippen molar-refractivity contribution >= 4 is 21.9 Å². The maximum absolute atomic E-state index is 13.1. The first-order chi connectivity index (χ1) is 15.8. The van der Waals surface area contributed by atoms with Crippen molar-refractivity contribution in [3.05, 3.63) is 66.0 Å². The van der Waals surface area contributed by atoms with E-state index in [1.54, 1.807) is 4.90 Å². The van der Waals surface area contributed by atoms with Crippen LogP contribution >= 0.6 is 0 Å². The van der Waals surface area contributed by atoms with Gasteiger partial charge in [0.1, 0.15) is 5.82 Å². The predicted molar refractivity (Wildman–Crippen MR) is 120 cm³/mol. The average Bonchev–Trinajstić information content (AvgIpc) is 2.83. The molecule has 0 atom stereocenters. The second kappa shape index (κ2) is 11.4. The lowest BCUT2D eigenvalue weighted by Crippen LogP contribution is -2.52. The van der Waals surface area contributed by atoms with Gasteiger partial charge in [-0.15, -0.1) is 0 Å². The molecule has 1 amide bonds. The minimum atomic E-state index is -3.75. The van der Waals surface area contributed by atoms with E-state index in [0.717, 1.165) is 17.7 Å². The first-order valence-electron chi connectivity index (χ1n) is 10.7. The van der Waals surface area contributed by atoms with Crippen molar-refractivity contribution in [2.24, 2.45) is 0 Å². The lowest BCUT2D eigenvalue weighted by Gasteiger charge is -2.35. The number of halogens is 1. The van der Waals surface area contributed by atoms with Gasteiger partial charge in [0.2, 0.25) is 15.9 Å². The van der Waals surface area contributed by atoms with E-state index in [0.29, 0.717) is 13.1 Å². The van der Waals surface area contributed by atoms with Crippen molar-refractivity contribution in [2.45, 2.75) is 17.9 Å². The quantitative estimate of drug-likeness (QED) is 0.511. The number of benzene rings is 2. The van der Waals surface area contributed by atoms with Crippen molar-refractivity contribution in [3.63, 3.8) is 0 Å². The normalized spacial score (nSPS) is 14.9. The Kier molecular flexibility index (Phi) is 8.54. The van der Waals surface area contributed by atoms with Crippen LogP contribution in [-0.2, 0) is 30.9 Å². The molecule has 0 N–H and O–H groups in total. The molecule has 1 aliphatic rings. The topological polar surface area (TPSA) is 87.2 Å². The molecule has 10 heteroatoms. The number of ether oxygens (including phenoxy) is 1. The van der Waals surface area contributed by atoms with Crippen LogP contribution in [0.3, 0.4) is 0 Å². The van der Waals surface area contributed by atoms with E-state index in [2.05, 4.69) is 0 Å². The van der Waals surface area contributed by atoms with Crippen LogP contribution in [0.4, 0.5) is 4.39 Å². The standard InChI is InChI=1S/C23H28FN3O5S/c1-32-23(29)11-12-25(17-19-5-3-2-4-6-19)18-22(28)26-13-15-27(16-14-26)33(30,31)21-9-7-20(24)8-10-21/h2-10H,11-18H2,1H3. The molecule has 0 saturated carbocycles. The number of rotatable bonds is 9. The zero-order valence-electron chi connectivity index (χ0n) is 18.5. The Bertz CT molecular complexity index is 1040. The van der Waals surface area contributed by atoms with Crippen molar-refractivity contribution in [1.82, 2.24) is 14.1 Å². The molecule has 0 radical (unpaired) electrons.